The number of carbonyl (C=O) groups is 5. The first-order valence-electron chi connectivity index (χ1n) is 20.4. The number of carbonyl (C=O) groups excluding carboxylic acids is 5. The number of Topliss-reactive ketones (excluding diaryl/α,β-unsaturated/α-hetero) is 1. The molecule has 1 unspecified atom stereocenters. The molecule has 0 spiro atoms. The highest BCUT2D eigenvalue weighted by Gasteiger charge is 2.53. The second-order valence-electron chi connectivity index (χ2n) is 14.8. The second-order valence-corrected chi connectivity index (χ2v) is 21.5. The molecule has 0 bridgehead atoms. The molecule has 70 heavy (non-hydrogen) atoms. The minimum absolute atomic E-state index is 0.0345. The van der Waals surface area contributed by atoms with Crippen molar-refractivity contribution in [3.8, 4) is 23.0 Å². The summed E-state index contributed by atoms with van der Waals surface area (Å²) < 4.78 is 129. The molecule has 382 valence electrons. The third kappa shape index (κ3) is 19.5. The number of nitrogens with zero attached hydrogens (tertiary/aromatic N) is 3. The summed E-state index contributed by atoms with van der Waals surface area (Å²) in [5, 5.41) is 3.35. The molecule has 1 aliphatic heterocycles. The first-order valence-corrected chi connectivity index (χ1v) is 26.7. The third-order valence-corrected chi connectivity index (χ3v) is 11.8. The number of rotatable bonds is 26. The largest absolute Gasteiger partial charge is 0.501 e. The molecule has 1 saturated heterocycles. The minimum Gasteiger partial charge on any atom is -0.489 e. The van der Waals surface area contributed by atoms with Crippen LogP contribution in [-0.2, 0) is 94.2 Å². The molecule has 0 N–H and O–H groups in total. The molecule has 1 heterocycles. The highest BCUT2D eigenvalue weighted by Crippen LogP contribution is 2.37. The van der Waals surface area contributed by atoms with E-state index in [1.54, 1.807) is 0 Å². The molecule has 3 aromatic rings. The zero-order chi connectivity index (χ0) is 51.8. The first-order chi connectivity index (χ1) is 32.8. The van der Waals surface area contributed by atoms with Crippen molar-refractivity contribution in [3.63, 3.8) is 0 Å². The van der Waals surface area contributed by atoms with Gasteiger partial charge in [-0.05, 0) is 65.5 Å². The lowest BCUT2D eigenvalue weighted by Crippen LogP contribution is -2.63. The van der Waals surface area contributed by atoms with E-state index in [0.717, 1.165) is 39.8 Å². The number of hydrogen-bond donors (Lipinski definition) is 0. The van der Waals surface area contributed by atoms with Gasteiger partial charge >= 0.3 is 34.3 Å². The van der Waals surface area contributed by atoms with Crippen molar-refractivity contribution in [1.29, 1.82) is 0 Å². The quantitative estimate of drug-likeness (QED) is 0.0151. The Kier molecular flexibility index (Phi) is 20.9. The van der Waals surface area contributed by atoms with Crippen LogP contribution in [0, 0.1) is 0 Å². The van der Waals surface area contributed by atoms with Crippen molar-refractivity contribution in [2.24, 2.45) is 5.11 Å². The number of ketones is 1. The van der Waals surface area contributed by atoms with Gasteiger partial charge in [-0.3, -0.25) is 24.0 Å². The molecular formula is C41H45Cl2N3O21S3. The fourth-order valence-corrected chi connectivity index (χ4v) is 9.03. The van der Waals surface area contributed by atoms with Crippen LogP contribution in [0.3, 0.4) is 0 Å². The summed E-state index contributed by atoms with van der Waals surface area (Å²) in [6.45, 7) is 3.52. The van der Waals surface area contributed by atoms with Gasteiger partial charge in [0.05, 0.1) is 18.1 Å². The first kappa shape index (κ1) is 56.7. The van der Waals surface area contributed by atoms with Gasteiger partial charge in [0.2, 0.25) is 30.5 Å². The van der Waals surface area contributed by atoms with Crippen molar-refractivity contribution in [2.75, 3.05) is 26.4 Å². The smallest absolute Gasteiger partial charge is 0.489 e. The summed E-state index contributed by atoms with van der Waals surface area (Å²) >= 11 is 0. The molecule has 0 saturated carbocycles. The zero-order valence-corrected chi connectivity index (χ0v) is 41.4. The molecule has 3 aromatic carbocycles. The van der Waals surface area contributed by atoms with Crippen LogP contribution >= 0.6 is 21.4 Å². The minimum atomic E-state index is -5.15. The summed E-state index contributed by atoms with van der Waals surface area (Å²) in [6, 6.07) is 12.5. The van der Waals surface area contributed by atoms with Crippen LogP contribution in [0.5, 0.6) is 23.0 Å². The van der Waals surface area contributed by atoms with Gasteiger partial charge in [-0.15, -0.1) is 8.42 Å². The van der Waals surface area contributed by atoms with E-state index in [0.29, 0.717) is 5.56 Å². The number of benzene rings is 3. The van der Waals surface area contributed by atoms with E-state index in [1.807, 2.05) is 0 Å². The monoisotopic (exact) mass is 1080 g/mol. The summed E-state index contributed by atoms with van der Waals surface area (Å²) in [5.74, 6) is -6.86. The normalized spacial score (nSPS) is 18.0. The molecule has 0 radical (unpaired) electrons. The maximum absolute atomic E-state index is 13.6. The van der Waals surface area contributed by atoms with E-state index in [2.05, 4.69) is 10.0 Å². The van der Waals surface area contributed by atoms with E-state index in [1.165, 1.54) is 48.5 Å². The Hall–Kier alpha value is -5.93. The molecule has 4 rings (SSSR count). The molecule has 0 aliphatic carbocycles. The van der Waals surface area contributed by atoms with Gasteiger partial charge in [0.1, 0.15) is 30.8 Å². The predicted molar refractivity (Wildman–Crippen MR) is 242 cm³/mol. The summed E-state index contributed by atoms with van der Waals surface area (Å²) in [6.07, 6.45) is -8.22. The van der Waals surface area contributed by atoms with Crippen molar-refractivity contribution >= 4 is 79.5 Å². The van der Waals surface area contributed by atoms with Crippen LogP contribution < -0.4 is 17.8 Å². The molecule has 1 fully saturated rings. The number of ether oxygens (including phenoxy) is 8. The van der Waals surface area contributed by atoms with Gasteiger partial charge in [0.15, 0.2) is 29.5 Å². The van der Waals surface area contributed by atoms with Crippen LogP contribution in [-0.4, -0.2) is 112 Å². The topological polar surface area (TPSA) is 329 Å². The molecule has 1 aliphatic rings. The van der Waals surface area contributed by atoms with Gasteiger partial charge < -0.3 is 46.3 Å². The SMILES string of the molecule is CC(=O)OC[C@@H]1OC(Oc2ccc(C(=O)CCCOCCN=[N+]=[N-])cc2OS(=O)(=O)Oc2ccc(COc3ccc(CS(=O)(=O)Cl)cc3CS(=O)(=O)Cl)cc2)[C@@H](OC(C)=O)[C@H](OC(C)=O)[C@@H]1OC(C)=O. The molecule has 24 nitrogen and oxygen atoms in total. The number of esters is 4. The Morgan fingerprint density at radius 2 is 1.31 bits per heavy atom. The maximum Gasteiger partial charge on any atom is 0.501 e. The van der Waals surface area contributed by atoms with Gasteiger partial charge in [-0.1, -0.05) is 23.3 Å². The third-order valence-electron chi connectivity index (χ3n) is 9.05. The van der Waals surface area contributed by atoms with Crippen LogP contribution in [0.25, 0.3) is 10.4 Å². The van der Waals surface area contributed by atoms with Crippen molar-refractivity contribution in [2.45, 2.75) is 89.4 Å². The van der Waals surface area contributed by atoms with Crippen molar-refractivity contribution in [1.82, 2.24) is 0 Å². The van der Waals surface area contributed by atoms with Crippen molar-refractivity contribution in [3.05, 3.63) is 93.4 Å². The van der Waals surface area contributed by atoms with Crippen LogP contribution in [0.15, 0.2) is 65.8 Å². The number of halogens is 2. The maximum atomic E-state index is 13.6. The zero-order valence-electron chi connectivity index (χ0n) is 37.4. The lowest BCUT2D eigenvalue weighted by atomic mass is 9.98. The van der Waals surface area contributed by atoms with Crippen LogP contribution in [0.2, 0.25) is 0 Å². The Bertz CT molecular complexity index is 2770. The molecule has 5 atom stereocenters. The van der Waals surface area contributed by atoms with Gasteiger partial charge in [0.25, 0.3) is 0 Å². The Balaban J connectivity index is 1.65. The molecule has 29 heteroatoms. The molecular weight excluding hydrogens is 1040 g/mol. The van der Waals surface area contributed by atoms with Crippen LogP contribution in [0.1, 0.15) is 67.6 Å². The number of hydrogen-bond acceptors (Lipinski definition) is 22. The highest BCUT2D eigenvalue weighted by atomic mass is 35.7. The van der Waals surface area contributed by atoms with Gasteiger partial charge in [-0.25, -0.2) is 16.8 Å². The van der Waals surface area contributed by atoms with Crippen molar-refractivity contribution < 1.29 is 95.5 Å². The van der Waals surface area contributed by atoms with Gasteiger partial charge in [0, 0.05) is 84.7 Å². The average Bonchev–Trinajstić information content (AvgIpc) is 3.23. The Morgan fingerprint density at radius 3 is 1.93 bits per heavy atom. The fourth-order valence-electron chi connectivity index (χ4n) is 6.39. The molecule has 0 aromatic heterocycles. The van der Waals surface area contributed by atoms with E-state index in [9.17, 15) is 49.2 Å². The summed E-state index contributed by atoms with van der Waals surface area (Å²) in [7, 11) is -2.46. The summed E-state index contributed by atoms with van der Waals surface area (Å²) in [4.78, 5) is 64.8. The van der Waals surface area contributed by atoms with E-state index >= 15 is 0 Å². The predicted octanol–water partition coefficient (Wildman–Crippen LogP) is 4.86. The Morgan fingerprint density at radius 1 is 0.700 bits per heavy atom. The average molecular weight is 1080 g/mol. The van der Waals surface area contributed by atoms with E-state index < -0.39 is 118 Å². The van der Waals surface area contributed by atoms with Gasteiger partial charge in [-0.2, -0.15) is 0 Å². The highest BCUT2D eigenvalue weighted by molar-refractivity contribution is 8.13. The van der Waals surface area contributed by atoms with Crippen LogP contribution in [0.4, 0.5) is 0 Å². The Labute approximate surface area is 410 Å². The second kappa shape index (κ2) is 25.8. The fraction of sp³-hybridized carbons (Fsp3) is 0.439. The lowest BCUT2D eigenvalue weighted by Gasteiger charge is -2.43. The standard InChI is InChI=1S/C41H45Cl2N3O21S3/c1-24(47)59-21-37-38(61-25(2)48)39(62-26(3)49)40(63-27(4)50)41(65-37)64-35-14-10-30(33(51)6-5-16-58-17-15-45-46-44)19-36(35)67-70(56,57)66-32-11-7-28(8-12-32)20-60-34-13-9-29(22-68(42,52)53)18-31(34)23-69(43,54)55/h7-14,18-19,37-41H,5-6,15-17,20-23H2,1-4H3/t37-,38+,39+,40-,41?/m0/s1. The van der Waals surface area contributed by atoms with E-state index in [4.69, 9.17) is 73.2 Å². The van der Waals surface area contributed by atoms with E-state index in [-0.39, 0.29) is 67.4 Å². The number of azide groups is 1. The molecule has 0 amide bonds. The summed E-state index contributed by atoms with van der Waals surface area (Å²) in [5.41, 5.74) is 8.95. The lowest BCUT2D eigenvalue weighted by molar-refractivity contribution is -0.288.